The van der Waals surface area contributed by atoms with Crippen LogP contribution in [-0.4, -0.2) is 37.7 Å². The van der Waals surface area contributed by atoms with Crippen LogP contribution in [0.15, 0.2) is 48.5 Å². The molecule has 0 heterocycles. The van der Waals surface area contributed by atoms with Crippen LogP contribution in [0.2, 0.25) is 0 Å². The molecule has 0 atom stereocenters. The van der Waals surface area contributed by atoms with Crippen LogP contribution in [-0.2, 0) is 9.53 Å². The van der Waals surface area contributed by atoms with Gasteiger partial charge in [0.15, 0.2) is 6.61 Å². The van der Waals surface area contributed by atoms with Crippen molar-refractivity contribution in [3.63, 3.8) is 0 Å². The molecule has 0 bridgehead atoms. The third kappa shape index (κ3) is 6.74. The maximum absolute atomic E-state index is 12.1. The number of benzene rings is 2. The average Bonchev–Trinajstić information content (AvgIpc) is 2.68. The highest BCUT2D eigenvalue weighted by molar-refractivity contribution is 5.95. The molecular formula is C21H24F2N2O4. The van der Waals surface area contributed by atoms with Crippen molar-refractivity contribution in [2.24, 2.45) is 0 Å². The molecule has 0 unspecified atom stereocenters. The van der Waals surface area contributed by atoms with Crippen molar-refractivity contribution >= 4 is 23.3 Å². The lowest BCUT2D eigenvalue weighted by Crippen LogP contribution is -2.30. The van der Waals surface area contributed by atoms with Crippen LogP contribution in [0, 0.1) is 0 Å². The molecule has 0 saturated carbocycles. The van der Waals surface area contributed by atoms with Gasteiger partial charge in [-0.05, 0) is 69.3 Å². The van der Waals surface area contributed by atoms with E-state index in [9.17, 15) is 18.4 Å². The zero-order chi connectivity index (χ0) is 21.4. The van der Waals surface area contributed by atoms with E-state index in [1.165, 1.54) is 24.3 Å². The number of rotatable bonds is 9. The standard InChI is InChI=1S/C21H24F2N2O4/c1-4-25(14(2)3)17-9-7-16(8-10-17)24-19(26)13-28-20(27)15-5-11-18(12-6-15)29-21(22)23/h5-12,14,21H,4,13H2,1-3H3,(H,24,26). The summed E-state index contributed by atoms with van der Waals surface area (Å²) in [6, 6.07) is 12.8. The zero-order valence-electron chi connectivity index (χ0n) is 16.5. The third-order valence-electron chi connectivity index (χ3n) is 4.10. The van der Waals surface area contributed by atoms with Gasteiger partial charge in [0.2, 0.25) is 0 Å². The molecule has 1 amide bonds. The van der Waals surface area contributed by atoms with E-state index in [1.807, 2.05) is 12.1 Å². The number of hydrogen-bond acceptors (Lipinski definition) is 5. The van der Waals surface area contributed by atoms with Gasteiger partial charge in [-0.25, -0.2) is 4.79 Å². The smallest absolute Gasteiger partial charge is 0.387 e. The normalized spacial score (nSPS) is 10.7. The highest BCUT2D eigenvalue weighted by Gasteiger charge is 2.12. The Morgan fingerprint density at radius 3 is 2.17 bits per heavy atom. The number of amides is 1. The summed E-state index contributed by atoms with van der Waals surface area (Å²) in [7, 11) is 0. The number of nitrogens with one attached hydrogen (secondary N) is 1. The molecule has 2 rings (SSSR count). The lowest BCUT2D eigenvalue weighted by Gasteiger charge is -2.27. The minimum absolute atomic E-state index is 0.0724. The van der Waals surface area contributed by atoms with E-state index >= 15 is 0 Å². The monoisotopic (exact) mass is 406 g/mol. The predicted molar refractivity (Wildman–Crippen MR) is 107 cm³/mol. The summed E-state index contributed by atoms with van der Waals surface area (Å²) in [6.07, 6.45) is 0. The summed E-state index contributed by atoms with van der Waals surface area (Å²) in [4.78, 5) is 26.2. The second-order valence-electron chi connectivity index (χ2n) is 6.45. The number of esters is 1. The van der Waals surface area contributed by atoms with Crippen molar-refractivity contribution in [1.82, 2.24) is 0 Å². The van der Waals surface area contributed by atoms with Gasteiger partial charge < -0.3 is 19.7 Å². The first-order valence-corrected chi connectivity index (χ1v) is 9.18. The lowest BCUT2D eigenvalue weighted by molar-refractivity contribution is -0.119. The first kappa shape index (κ1) is 22.1. The van der Waals surface area contributed by atoms with E-state index in [-0.39, 0.29) is 11.3 Å². The van der Waals surface area contributed by atoms with Gasteiger partial charge in [-0.1, -0.05) is 0 Å². The Morgan fingerprint density at radius 1 is 1.03 bits per heavy atom. The molecule has 0 aliphatic rings. The van der Waals surface area contributed by atoms with Gasteiger partial charge in [0, 0.05) is 24.0 Å². The summed E-state index contributed by atoms with van der Waals surface area (Å²) in [5, 5.41) is 2.65. The fraction of sp³-hybridized carbons (Fsp3) is 0.333. The van der Waals surface area contributed by atoms with Crippen LogP contribution in [0.25, 0.3) is 0 Å². The molecule has 0 radical (unpaired) electrons. The Labute approximate surface area is 168 Å². The molecule has 0 saturated heterocycles. The van der Waals surface area contributed by atoms with Crippen LogP contribution < -0.4 is 15.0 Å². The van der Waals surface area contributed by atoms with Crippen molar-refractivity contribution in [2.45, 2.75) is 33.4 Å². The van der Waals surface area contributed by atoms with Gasteiger partial charge in [0.05, 0.1) is 5.56 Å². The molecule has 156 valence electrons. The van der Waals surface area contributed by atoms with E-state index < -0.39 is 25.1 Å². The maximum atomic E-state index is 12.1. The van der Waals surface area contributed by atoms with Crippen LogP contribution in [0.5, 0.6) is 5.75 Å². The van der Waals surface area contributed by atoms with Gasteiger partial charge in [-0.15, -0.1) is 0 Å². The van der Waals surface area contributed by atoms with Gasteiger partial charge in [-0.2, -0.15) is 8.78 Å². The highest BCUT2D eigenvalue weighted by atomic mass is 19.3. The van der Waals surface area contributed by atoms with Crippen LogP contribution in [0.4, 0.5) is 20.2 Å². The lowest BCUT2D eigenvalue weighted by atomic mass is 10.2. The summed E-state index contributed by atoms with van der Waals surface area (Å²) in [6.45, 7) is 3.74. The Balaban J connectivity index is 1.85. The van der Waals surface area contributed by atoms with Crippen LogP contribution in [0.3, 0.4) is 0 Å². The molecule has 0 aliphatic carbocycles. The second kappa shape index (κ2) is 10.4. The van der Waals surface area contributed by atoms with Gasteiger partial charge in [0.1, 0.15) is 5.75 Å². The maximum Gasteiger partial charge on any atom is 0.387 e. The van der Waals surface area contributed by atoms with Crippen molar-refractivity contribution in [1.29, 1.82) is 0 Å². The molecule has 8 heteroatoms. The van der Waals surface area contributed by atoms with E-state index in [0.717, 1.165) is 12.2 Å². The summed E-state index contributed by atoms with van der Waals surface area (Å²) >= 11 is 0. The highest BCUT2D eigenvalue weighted by Crippen LogP contribution is 2.20. The van der Waals surface area contributed by atoms with E-state index in [0.29, 0.717) is 11.7 Å². The number of alkyl halides is 2. The van der Waals surface area contributed by atoms with Crippen molar-refractivity contribution in [3.05, 3.63) is 54.1 Å². The number of carbonyl (C=O) groups is 2. The minimum atomic E-state index is -2.94. The molecule has 1 N–H and O–H groups in total. The summed E-state index contributed by atoms with van der Waals surface area (Å²) < 4.78 is 33.4. The van der Waals surface area contributed by atoms with Gasteiger partial charge >= 0.3 is 12.6 Å². The second-order valence-corrected chi connectivity index (χ2v) is 6.45. The first-order chi connectivity index (χ1) is 13.8. The number of halogens is 2. The third-order valence-corrected chi connectivity index (χ3v) is 4.10. The van der Waals surface area contributed by atoms with E-state index in [1.54, 1.807) is 12.1 Å². The quantitative estimate of drug-likeness (QED) is 0.629. The number of carbonyl (C=O) groups excluding carboxylic acids is 2. The topological polar surface area (TPSA) is 67.9 Å². The number of hydrogen-bond donors (Lipinski definition) is 1. The minimum Gasteiger partial charge on any atom is -0.452 e. The molecule has 0 aromatic heterocycles. The Morgan fingerprint density at radius 2 is 1.66 bits per heavy atom. The van der Waals surface area contributed by atoms with Crippen LogP contribution in [0.1, 0.15) is 31.1 Å². The van der Waals surface area contributed by atoms with E-state index in [2.05, 4.69) is 35.7 Å². The van der Waals surface area contributed by atoms with E-state index in [4.69, 9.17) is 4.74 Å². The molecule has 2 aromatic carbocycles. The van der Waals surface area contributed by atoms with Crippen molar-refractivity contribution in [3.8, 4) is 5.75 Å². The predicted octanol–water partition coefficient (Wildman–Crippen LogP) is 4.32. The number of anilines is 2. The molecule has 2 aromatic rings. The number of nitrogens with zero attached hydrogens (tertiary/aromatic N) is 1. The SMILES string of the molecule is CCN(c1ccc(NC(=O)COC(=O)c2ccc(OC(F)F)cc2)cc1)C(C)C. The molecule has 6 nitrogen and oxygen atoms in total. The fourth-order valence-electron chi connectivity index (χ4n) is 2.77. The Kier molecular flexibility index (Phi) is 7.94. The Hall–Kier alpha value is -3.16. The van der Waals surface area contributed by atoms with Crippen molar-refractivity contribution < 1.29 is 27.8 Å². The molecule has 29 heavy (non-hydrogen) atoms. The summed E-state index contributed by atoms with van der Waals surface area (Å²) in [5.41, 5.74) is 1.76. The average molecular weight is 406 g/mol. The fourth-order valence-corrected chi connectivity index (χ4v) is 2.77. The first-order valence-electron chi connectivity index (χ1n) is 9.18. The van der Waals surface area contributed by atoms with Crippen molar-refractivity contribution in [2.75, 3.05) is 23.4 Å². The Bertz CT molecular complexity index is 808. The molecular weight excluding hydrogens is 382 g/mol. The molecule has 0 spiro atoms. The number of ether oxygens (including phenoxy) is 2. The van der Waals surface area contributed by atoms with Gasteiger partial charge in [-0.3, -0.25) is 4.79 Å². The molecule has 0 aliphatic heterocycles. The van der Waals surface area contributed by atoms with Gasteiger partial charge in [0.25, 0.3) is 5.91 Å². The summed E-state index contributed by atoms with van der Waals surface area (Å²) in [5.74, 6) is -1.30. The molecule has 0 fully saturated rings. The largest absolute Gasteiger partial charge is 0.452 e. The zero-order valence-corrected chi connectivity index (χ0v) is 16.5. The van der Waals surface area contributed by atoms with Crippen LogP contribution >= 0.6 is 0 Å².